The Morgan fingerprint density at radius 3 is 2.36 bits per heavy atom. The molecule has 1 aliphatic heterocycles. The third-order valence-corrected chi connectivity index (χ3v) is 5.79. The summed E-state index contributed by atoms with van der Waals surface area (Å²) in [4.78, 5) is 24.4. The van der Waals surface area contributed by atoms with Gasteiger partial charge < -0.3 is 15.0 Å². The lowest BCUT2D eigenvalue weighted by Crippen LogP contribution is -2.35. The number of carbonyl (C=O) groups excluding carboxylic acids is 2. The quantitative estimate of drug-likeness (QED) is 0.816. The fourth-order valence-electron chi connectivity index (χ4n) is 3.04. The van der Waals surface area contributed by atoms with Crippen LogP contribution in [-0.4, -0.2) is 39.0 Å². The number of sulfonamides is 1. The predicted octanol–water partition coefficient (Wildman–Crippen LogP) is 2.57. The van der Waals surface area contributed by atoms with Crippen LogP contribution < -0.4 is 10.0 Å². The first kappa shape index (κ1) is 19.7. The Morgan fingerprint density at radius 1 is 1.04 bits per heavy atom. The maximum Gasteiger partial charge on any atom is 0.409 e. The second-order valence-corrected chi connectivity index (χ2v) is 8.12. The van der Waals surface area contributed by atoms with Crippen LogP contribution in [0, 0.1) is 0 Å². The van der Waals surface area contributed by atoms with Crippen LogP contribution in [0.1, 0.15) is 18.1 Å². The van der Waals surface area contributed by atoms with Crippen LogP contribution in [0.3, 0.4) is 0 Å². The molecule has 0 bridgehead atoms. The van der Waals surface area contributed by atoms with Gasteiger partial charge in [0.25, 0.3) is 10.0 Å². The molecule has 1 heterocycles. The molecule has 2 N–H and O–H groups in total. The Kier molecular flexibility index (Phi) is 5.55. The number of hydrogen-bond acceptors (Lipinski definition) is 5. The summed E-state index contributed by atoms with van der Waals surface area (Å²) >= 11 is 0. The molecule has 0 saturated carbocycles. The lowest BCUT2D eigenvalue weighted by Gasteiger charge is -2.28. The van der Waals surface area contributed by atoms with Gasteiger partial charge in [0.1, 0.15) is 0 Å². The monoisotopic (exact) mass is 403 g/mol. The number of hydrogen-bond donors (Lipinski definition) is 2. The number of benzene rings is 2. The summed E-state index contributed by atoms with van der Waals surface area (Å²) in [5, 5.41) is 2.59. The van der Waals surface area contributed by atoms with Crippen molar-refractivity contribution >= 4 is 33.4 Å². The SMILES string of the molecule is COC(=O)N1CCc2ccc(NS(=O)(=O)c3ccc(NC(C)=O)cc3)cc2C1. The second-order valence-electron chi connectivity index (χ2n) is 6.44. The van der Waals surface area contributed by atoms with Crippen molar-refractivity contribution in [1.82, 2.24) is 4.90 Å². The first-order valence-corrected chi connectivity index (χ1v) is 10.1. The first-order valence-electron chi connectivity index (χ1n) is 8.63. The number of methoxy groups -OCH3 is 1. The molecule has 3 rings (SSSR count). The van der Waals surface area contributed by atoms with Gasteiger partial charge in [0.05, 0.1) is 12.0 Å². The van der Waals surface area contributed by atoms with E-state index >= 15 is 0 Å². The zero-order valence-corrected chi connectivity index (χ0v) is 16.4. The van der Waals surface area contributed by atoms with Gasteiger partial charge in [-0.25, -0.2) is 13.2 Å². The topological polar surface area (TPSA) is 105 Å². The van der Waals surface area contributed by atoms with Crippen molar-refractivity contribution in [2.75, 3.05) is 23.7 Å². The van der Waals surface area contributed by atoms with Crippen molar-refractivity contribution in [2.45, 2.75) is 24.8 Å². The van der Waals surface area contributed by atoms with Gasteiger partial charge in [0, 0.05) is 31.4 Å². The third kappa shape index (κ3) is 4.42. The van der Waals surface area contributed by atoms with E-state index in [-0.39, 0.29) is 10.8 Å². The minimum absolute atomic E-state index is 0.0792. The maximum absolute atomic E-state index is 12.6. The summed E-state index contributed by atoms with van der Waals surface area (Å²) in [6.45, 7) is 2.30. The molecular formula is C19H21N3O5S. The van der Waals surface area contributed by atoms with Crippen molar-refractivity contribution in [3.05, 3.63) is 53.6 Å². The van der Waals surface area contributed by atoms with Crippen molar-refractivity contribution in [3.8, 4) is 0 Å². The van der Waals surface area contributed by atoms with Crippen molar-refractivity contribution in [2.24, 2.45) is 0 Å². The summed E-state index contributed by atoms with van der Waals surface area (Å²) in [6.07, 6.45) is 0.276. The highest BCUT2D eigenvalue weighted by Crippen LogP contribution is 2.25. The molecule has 0 spiro atoms. The molecular weight excluding hydrogens is 382 g/mol. The highest BCUT2D eigenvalue weighted by molar-refractivity contribution is 7.92. The van der Waals surface area contributed by atoms with Crippen LogP contribution in [0.2, 0.25) is 0 Å². The normalized spacial score (nSPS) is 13.4. The molecule has 0 unspecified atom stereocenters. The summed E-state index contributed by atoms with van der Waals surface area (Å²) in [5.74, 6) is -0.233. The maximum atomic E-state index is 12.6. The van der Waals surface area contributed by atoms with Crippen molar-refractivity contribution in [1.29, 1.82) is 0 Å². The molecule has 0 radical (unpaired) electrons. The van der Waals surface area contributed by atoms with E-state index in [4.69, 9.17) is 4.74 Å². The standard InChI is InChI=1S/C19H21N3O5S/c1-13(23)20-16-5-7-18(8-6-16)28(25,26)21-17-4-3-14-9-10-22(19(24)27-2)12-15(14)11-17/h3-8,11,21H,9-10,12H2,1-2H3,(H,20,23). The van der Waals surface area contributed by atoms with E-state index in [9.17, 15) is 18.0 Å². The van der Waals surface area contributed by atoms with Crippen LogP contribution in [0.5, 0.6) is 0 Å². The van der Waals surface area contributed by atoms with Crippen molar-refractivity contribution in [3.63, 3.8) is 0 Å². The first-order chi connectivity index (χ1) is 13.3. The lowest BCUT2D eigenvalue weighted by atomic mass is 9.99. The van der Waals surface area contributed by atoms with Crippen LogP contribution in [0.15, 0.2) is 47.4 Å². The number of amides is 2. The smallest absolute Gasteiger partial charge is 0.409 e. The van der Waals surface area contributed by atoms with E-state index in [0.717, 1.165) is 11.1 Å². The molecule has 8 nitrogen and oxygen atoms in total. The van der Waals surface area contributed by atoms with E-state index in [0.29, 0.717) is 30.9 Å². The highest BCUT2D eigenvalue weighted by Gasteiger charge is 2.22. The minimum Gasteiger partial charge on any atom is -0.453 e. The van der Waals surface area contributed by atoms with Gasteiger partial charge >= 0.3 is 6.09 Å². The zero-order chi connectivity index (χ0) is 20.3. The molecule has 2 amide bonds. The molecule has 0 fully saturated rings. The Hall–Kier alpha value is -3.07. The van der Waals surface area contributed by atoms with Crippen LogP contribution in [0.25, 0.3) is 0 Å². The van der Waals surface area contributed by atoms with Crippen LogP contribution in [0.4, 0.5) is 16.2 Å². The summed E-state index contributed by atoms with van der Waals surface area (Å²) in [5.41, 5.74) is 2.88. The minimum atomic E-state index is -3.79. The Balaban J connectivity index is 1.78. The van der Waals surface area contributed by atoms with Gasteiger partial charge in [-0.1, -0.05) is 6.07 Å². The summed E-state index contributed by atoms with van der Waals surface area (Å²) in [7, 11) is -2.45. The number of nitrogens with zero attached hydrogens (tertiary/aromatic N) is 1. The average molecular weight is 403 g/mol. The van der Waals surface area contributed by atoms with E-state index < -0.39 is 16.1 Å². The molecule has 0 aromatic heterocycles. The number of rotatable bonds is 4. The third-order valence-electron chi connectivity index (χ3n) is 4.39. The molecule has 2 aromatic carbocycles. The number of fused-ring (bicyclic) bond motifs is 1. The van der Waals surface area contributed by atoms with E-state index in [1.807, 2.05) is 6.07 Å². The molecule has 2 aromatic rings. The van der Waals surface area contributed by atoms with Crippen molar-refractivity contribution < 1.29 is 22.7 Å². The number of anilines is 2. The van der Waals surface area contributed by atoms with Gasteiger partial charge in [0.15, 0.2) is 0 Å². The second kappa shape index (κ2) is 7.89. The van der Waals surface area contributed by atoms with Gasteiger partial charge in [0.2, 0.25) is 5.91 Å². The zero-order valence-electron chi connectivity index (χ0n) is 15.6. The molecule has 0 aliphatic carbocycles. The predicted molar refractivity (Wildman–Crippen MR) is 105 cm³/mol. The van der Waals surface area contributed by atoms with Gasteiger partial charge in [-0.3, -0.25) is 9.52 Å². The van der Waals surface area contributed by atoms with Crippen LogP contribution in [-0.2, 0) is 32.5 Å². The molecule has 9 heteroatoms. The summed E-state index contributed by atoms with van der Waals surface area (Å²) in [6, 6.07) is 11.2. The van der Waals surface area contributed by atoms with Crippen LogP contribution >= 0.6 is 0 Å². The molecule has 0 atom stereocenters. The van der Waals surface area contributed by atoms with Gasteiger partial charge in [-0.05, 0) is 53.9 Å². The summed E-state index contributed by atoms with van der Waals surface area (Å²) < 4.78 is 32.6. The number of ether oxygens (including phenoxy) is 1. The molecule has 28 heavy (non-hydrogen) atoms. The molecule has 1 aliphatic rings. The average Bonchev–Trinajstić information content (AvgIpc) is 2.66. The van der Waals surface area contributed by atoms with Gasteiger partial charge in [-0.2, -0.15) is 0 Å². The van der Waals surface area contributed by atoms with Gasteiger partial charge in [-0.15, -0.1) is 0 Å². The number of nitrogens with one attached hydrogen (secondary N) is 2. The Morgan fingerprint density at radius 2 is 1.71 bits per heavy atom. The highest BCUT2D eigenvalue weighted by atomic mass is 32.2. The van der Waals surface area contributed by atoms with E-state index in [1.54, 1.807) is 17.0 Å². The fourth-order valence-corrected chi connectivity index (χ4v) is 4.09. The Bertz CT molecular complexity index is 1000. The van der Waals surface area contributed by atoms with E-state index in [2.05, 4.69) is 10.0 Å². The molecule has 148 valence electrons. The lowest BCUT2D eigenvalue weighted by molar-refractivity contribution is -0.114. The largest absolute Gasteiger partial charge is 0.453 e. The van der Waals surface area contributed by atoms with E-state index in [1.165, 1.54) is 38.3 Å². The number of carbonyl (C=O) groups is 2. The fraction of sp³-hybridized carbons (Fsp3) is 0.263. The Labute approximate surface area is 163 Å². The molecule has 0 saturated heterocycles.